The fraction of sp³-hybridized carbons (Fsp3) is 0.400. The molecular weight excluding hydrogens is 240 g/mol. The summed E-state index contributed by atoms with van der Waals surface area (Å²) in [4.78, 5) is 29.3. The first-order chi connectivity index (χ1) is 9.07. The van der Waals surface area contributed by atoms with Crippen molar-refractivity contribution in [1.82, 2.24) is 4.90 Å². The monoisotopic (exact) mass is 258 g/mol. The minimum absolute atomic E-state index is 0.114. The molecule has 4 heteroatoms. The molecular formula is C15H18N2O2. The molecule has 4 nitrogen and oxygen atoms in total. The molecule has 19 heavy (non-hydrogen) atoms. The van der Waals surface area contributed by atoms with Crippen LogP contribution in [0.15, 0.2) is 42.6 Å². The maximum atomic E-state index is 12.5. The van der Waals surface area contributed by atoms with Gasteiger partial charge in [0, 0.05) is 12.2 Å². The van der Waals surface area contributed by atoms with Crippen LogP contribution in [0.2, 0.25) is 0 Å². The van der Waals surface area contributed by atoms with Crippen molar-refractivity contribution in [2.75, 3.05) is 0 Å². The summed E-state index contributed by atoms with van der Waals surface area (Å²) in [7, 11) is 0. The van der Waals surface area contributed by atoms with Crippen molar-refractivity contribution in [2.24, 2.45) is 10.4 Å². The molecule has 0 bridgehead atoms. The van der Waals surface area contributed by atoms with Gasteiger partial charge in [0.05, 0.1) is 6.04 Å². The highest BCUT2D eigenvalue weighted by Gasteiger charge is 2.62. The first kappa shape index (κ1) is 13.5. The minimum atomic E-state index is -0.394. The Balaban J connectivity index is 2.20. The summed E-state index contributed by atoms with van der Waals surface area (Å²) >= 11 is 0. The van der Waals surface area contributed by atoms with E-state index in [4.69, 9.17) is 0 Å². The molecule has 1 aliphatic carbocycles. The lowest BCUT2D eigenvalue weighted by Crippen LogP contribution is -2.41. The molecule has 1 amide bonds. The number of ketones is 1. The molecule has 0 aromatic rings. The number of piperidine rings is 1. The van der Waals surface area contributed by atoms with Gasteiger partial charge in [0.2, 0.25) is 12.2 Å². The van der Waals surface area contributed by atoms with Crippen molar-refractivity contribution in [3.8, 4) is 0 Å². The number of nitrogens with zero attached hydrogens (tertiary/aromatic N) is 2. The Bertz CT molecular complexity index is 492. The van der Waals surface area contributed by atoms with Gasteiger partial charge >= 0.3 is 0 Å². The Kier molecular flexibility index (Phi) is 3.51. The maximum absolute atomic E-state index is 12.5. The van der Waals surface area contributed by atoms with Gasteiger partial charge in [-0.3, -0.25) is 14.6 Å². The number of aliphatic imine (C=N–C) groups is 1. The SMILES string of the molecule is C=C/C=C\C(=N/C=C)C(=O)[C@@H]1C[C@@]2(C)C[C@H]2N1C=O. The number of hydrogen-bond acceptors (Lipinski definition) is 3. The van der Waals surface area contributed by atoms with Crippen molar-refractivity contribution >= 4 is 17.9 Å². The van der Waals surface area contributed by atoms with Crippen LogP contribution in [0.25, 0.3) is 0 Å². The Labute approximate surface area is 113 Å². The summed E-state index contributed by atoms with van der Waals surface area (Å²) in [5.41, 5.74) is 0.430. The van der Waals surface area contributed by atoms with Gasteiger partial charge in [0.25, 0.3) is 0 Å². The van der Waals surface area contributed by atoms with E-state index in [1.54, 1.807) is 23.1 Å². The van der Waals surface area contributed by atoms with E-state index in [0.29, 0.717) is 12.1 Å². The Morgan fingerprint density at radius 2 is 2.16 bits per heavy atom. The van der Waals surface area contributed by atoms with Gasteiger partial charge in [0.15, 0.2) is 0 Å². The van der Waals surface area contributed by atoms with E-state index >= 15 is 0 Å². The lowest BCUT2D eigenvalue weighted by atomic mass is 9.97. The Morgan fingerprint density at radius 3 is 2.74 bits per heavy atom. The van der Waals surface area contributed by atoms with Crippen molar-refractivity contribution in [3.05, 3.63) is 37.6 Å². The number of rotatable bonds is 6. The number of carbonyl (C=O) groups excluding carboxylic acids is 2. The summed E-state index contributed by atoms with van der Waals surface area (Å²) in [6.07, 6.45) is 8.67. The van der Waals surface area contributed by atoms with Crippen LogP contribution < -0.4 is 0 Å². The van der Waals surface area contributed by atoms with Crippen LogP contribution >= 0.6 is 0 Å². The highest BCUT2D eigenvalue weighted by Crippen LogP contribution is 2.58. The van der Waals surface area contributed by atoms with Gasteiger partial charge in [0.1, 0.15) is 5.71 Å². The lowest BCUT2D eigenvalue weighted by Gasteiger charge is -2.21. The van der Waals surface area contributed by atoms with E-state index in [-0.39, 0.29) is 17.2 Å². The van der Waals surface area contributed by atoms with Crippen molar-refractivity contribution < 1.29 is 9.59 Å². The summed E-state index contributed by atoms with van der Waals surface area (Å²) in [5, 5.41) is 0. The molecule has 0 spiro atoms. The second-order valence-corrected chi connectivity index (χ2v) is 5.30. The van der Waals surface area contributed by atoms with E-state index in [1.165, 1.54) is 6.20 Å². The summed E-state index contributed by atoms with van der Waals surface area (Å²) in [5.74, 6) is -0.126. The van der Waals surface area contributed by atoms with Crippen LogP contribution in [-0.2, 0) is 9.59 Å². The standard InChI is InChI=1S/C15H18N2O2/c1-4-6-7-11(16-5-2)14(19)12-8-15(3)9-13(15)17(12)10-18/h4-7,10,12-13H,1-2,8-9H2,3H3/b7-6-,16-11+/t12-,13+,15-/m0/s1. The third-order valence-electron chi connectivity index (χ3n) is 3.98. The zero-order valence-corrected chi connectivity index (χ0v) is 11.1. The van der Waals surface area contributed by atoms with E-state index in [9.17, 15) is 9.59 Å². The highest BCUT2D eigenvalue weighted by atomic mass is 16.2. The molecule has 0 radical (unpaired) electrons. The third-order valence-corrected chi connectivity index (χ3v) is 3.98. The molecule has 2 rings (SSSR count). The van der Waals surface area contributed by atoms with Gasteiger partial charge in [-0.05, 0) is 24.3 Å². The molecule has 1 aliphatic heterocycles. The predicted molar refractivity (Wildman–Crippen MR) is 74.8 cm³/mol. The van der Waals surface area contributed by atoms with E-state index in [2.05, 4.69) is 25.1 Å². The minimum Gasteiger partial charge on any atom is -0.331 e. The van der Waals surface area contributed by atoms with Crippen LogP contribution in [0.1, 0.15) is 19.8 Å². The molecule has 1 saturated carbocycles. The first-order valence-corrected chi connectivity index (χ1v) is 6.32. The van der Waals surface area contributed by atoms with Gasteiger partial charge in [-0.2, -0.15) is 0 Å². The van der Waals surface area contributed by atoms with Gasteiger partial charge < -0.3 is 4.90 Å². The number of likely N-dealkylation sites (tertiary alicyclic amines) is 1. The third kappa shape index (κ3) is 2.30. The van der Waals surface area contributed by atoms with Crippen LogP contribution in [0.4, 0.5) is 0 Å². The number of Topliss-reactive ketones (excluding diaryl/α,β-unsaturated/α-hetero) is 1. The molecule has 2 fully saturated rings. The highest BCUT2D eigenvalue weighted by molar-refractivity contribution is 6.46. The fourth-order valence-corrected chi connectivity index (χ4v) is 2.82. The van der Waals surface area contributed by atoms with Crippen molar-refractivity contribution in [2.45, 2.75) is 31.8 Å². The van der Waals surface area contributed by atoms with Crippen LogP contribution in [0, 0.1) is 5.41 Å². The zero-order chi connectivity index (χ0) is 14.0. The Hall–Kier alpha value is -1.97. The second-order valence-electron chi connectivity index (χ2n) is 5.30. The topological polar surface area (TPSA) is 49.7 Å². The molecule has 0 aromatic carbocycles. The first-order valence-electron chi connectivity index (χ1n) is 6.32. The van der Waals surface area contributed by atoms with Crippen LogP contribution in [0.5, 0.6) is 0 Å². The molecule has 2 aliphatic rings. The number of carbonyl (C=O) groups is 2. The van der Waals surface area contributed by atoms with Gasteiger partial charge in [-0.1, -0.05) is 32.2 Å². The van der Waals surface area contributed by atoms with E-state index < -0.39 is 6.04 Å². The number of hydrogen-bond donors (Lipinski definition) is 0. The van der Waals surface area contributed by atoms with Crippen molar-refractivity contribution in [1.29, 1.82) is 0 Å². The number of allylic oxidation sites excluding steroid dienone is 3. The average Bonchev–Trinajstić information content (AvgIpc) is 2.97. The quantitative estimate of drug-likeness (QED) is 0.415. The molecule has 1 heterocycles. The van der Waals surface area contributed by atoms with Crippen LogP contribution in [-0.4, -0.2) is 34.9 Å². The predicted octanol–water partition coefficient (Wildman–Crippen LogP) is 1.89. The molecule has 0 unspecified atom stereocenters. The molecule has 0 N–H and O–H groups in total. The lowest BCUT2D eigenvalue weighted by molar-refractivity contribution is -0.127. The molecule has 100 valence electrons. The molecule has 1 saturated heterocycles. The number of amides is 1. The summed E-state index contributed by atoms with van der Waals surface area (Å²) in [6.45, 7) is 9.19. The fourth-order valence-electron chi connectivity index (χ4n) is 2.82. The van der Waals surface area contributed by atoms with Gasteiger partial charge in [-0.15, -0.1) is 0 Å². The van der Waals surface area contributed by atoms with Crippen LogP contribution in [0.3, 0.4) is 0 Å². The largest absolute Gasteiger partial charge is 0.331 e. The average molecular weight is 258 g/mol. The number of fused-ring (bicyclic) bond motifs is 1. The second kappa shape index (κ2) is 4.96. The van der Waals surface area contributed by atoms with E-state index in [1.807, 2.05) is 0 Å². The normalized spacial score (nSPS) is 33.1. The smallest absolute Gasteiger partial charge is 0.210 e. The van der Waals surface area contributed by atoms with Crippen molar-refractivity contribution in [3.63, 3.8) is 0 Å². The Morgan fingerprint density at radius 1 is 1.42 bits per heavy atom. The maximum Gasteiger partial charge on any atom is 0.210 e. The summed E-state index contributed by atoms with van der Waals surface area (Å²) in [6, 6.07) is -0.179. The summed E-state index contributed by atoms with van der Waals surface area (Å²) < 4.78 is 0. The van der Waals surface area contributed by atoms with E-state index in [0.717, 1.165) is 12.8 Å². The molecule has 3 atom stereocenters. The molecule has 0 aromatic heterocycles. The van der Waals surface area contributed by atoms with Gasteiger partial charge in [-0.25, -0.2) is 0 Å². The zero-order valence-electron chi connectivity index (χ0n) is 11.1.